The lowest BCUT2D eigenvalue weighted by Crippen LogP contribution is -2.31. The summed E-state index contributed by atoms with van der Waals surface area (Å²) in [7, 11) is -3.52. The van der Waals surface area contributed by atoms with Gasteiger partial charge in [0.25, 0.3) is 0 Å². The lowest BCUT2D eigenvalue weighted by Gasteiger charge is -2.20. The number of aliphatic carboxylic acids is 1. The Hall–Kier alpha value is -2.19. The third kappa shape index (κ3) is 4.90. The zero-order chi connectivity index (χ0) is 17.6. The van der Waals surface area contributed by atoms with Gasteiger partial charge in [-0.2, -0.15) is 4.31 Å². The number of hydrogen-bond acceptors (Lipinski definition) is 4. The Labute approximate surface area is 141 Å². The van der Waals surface area contributed by atoms with E-state index in [9.17, 15) is 18.0 Å². The number of nitrogens with zero attached hydrogens (tertiary/aromatic N) is 1. The highest BCUT2D eigenvalue weighted by Crippen LogP contribution is 2.21. The van der Waals surface area contributed by atoms with Gasteiger partial charge in [-0.25, -0.2) is 13.2 Å². The van der Waals surface area contributed by atoms with Gasteiger partial charge in [-0.3, -0.25) is 4.79 Å². The molecular formula is C16H20N2O5S. The molecule has 0 aromatic heterocycles. The lowest BCUT2D eigenvalue weighted by atomic mass is 10.2. The van der Waals surface area contributed by atoms with E-state index in [2.05, 4.69) is 5.32 Å². The molecule has 2 N–H and O–H groups in total. The Bertz CT molecular complexity index is 717. The normalized spacial score (nSPS) is 16.7. The van der Waals surface area contributed by atoms with Crippen LogP contribution in [0.25, 0.3) is 0 Å². The molecule has 2 rings (SSSR count). The fourth-order valence-electron chi connectivity index (χ4n) is 2.47. The first-order valence-electron chi connectivity index (χ1n) is 7.72. The van der Waals surface area contributed by atoms with Crippen molar-refractivity contribution in [3.05, 3.63) is 36.4 Å². The number of anilines is 1. The summed E-state index contributed by atoms with van der Waals surface area (Å²) < 4.78 is 26.7. The Morgan fingerprint density at radius 1 is 1.00 bits per heavy atom. The van der Waals surface area contributed by atoms with Crippen molar-refractivity contribution in [2.24, 2.45) is 0 Å². The monoisotopic (exact) mass is 352 g/mol. The zero-order valence-corrected chi connectivity index (χ0v) is 14.0. The standard InChI is InChI=1S/C16H20N2O5S/c19-15(9-10-16(20)21)17-13-5-7-14(8-6-13)24(22,23)18-11-3-1-2-4-12-18/h5-10H,1-4,11-12H2,(H,17,19)(H,20,21). The fraction of sp³-hybridized carbons (Fsp3) is 0.375. The number of amides is 1. The van der Waals surface area contributed by atoms with Gasteiger partial charge in [0.2, 0.25) is 15.9 Å². The molecule has 24 heavy (non-hydrogen) atoms. The second-order valence-corrected chi connectivity index (χ2v) is 7.44. The van der Waals surface area contributed by atoms with E-state index >= 15 is 0 Å². The first kappa shape index (κ1) is 18.2. The minimum absolute atomic E-state index is 0.184. The molecule has 1 aromatic carbocycles. The highest BCUT2D eigenvalue weighted by molar-refractivity contribution is 7.89. The molecule has 1 aliphatic heterocycles. The summed E-state index contributed by atoms with van der Waals surface area (Å²) in [6.07, 6.45) is 5.44. The summed E-state index contributed by atoms with van der Waals surface area (Å²) in [5.41, 5.74) is 0.393. The molecule has 0 radical (unpaired) electrons. The quantitative estimate of drug-likeness (QED) is 0.787. The maximum atomic E-state index is 12.6. The van der Waals surface area contributed by atoms with Crippen LogP contribution < -0.4 is 5.32 Å². The first-order chi connectivity index (χ1) is 11.4. The van der Waals surface area contributed by atoms with E-state index in [0.29, 0.717) is 18.8 Å². The van der Waals surface area contributed by atoms with Gasteiger partial charge in [0.1, 0.15) is 0 Å². The predicted molar refractivity (Wildman–Crippen MR) is 89.1 cm³/mol. The number of benzene rings is 1. The first-order valence-corrected chi connectivity index (χ1v) is 9.16. The fourth-order valence-corrected chi connectivity index (χ4v) is 3.99. The zero-order valence-electron chi connectivity index (χ0n) is 13.1. The second-order valence-electron chi connectivity index (χ2n) is 5.50. The van der Waals surface area contributed by atoms with Crippen molar-refractivity contribution in [2.75, 3.05) is 18.4 Å². The average Bonchev–Trinajstić information content (AvgIpc) is 2.83. The maximum Gasteiger partial charge on any atom is 0.328 e. The van der Waals surface area contributed by atoms with Crippen molar-refractivity contribution in [1.82, 2.24) is 4.31 Å². The van der Waals surface area contributed by atoms with Gasteiger partial charge in [0, 0.05) is 30.9 Å². The van der Waals surface area contributed by atoms with Crippen LogP contribution in [-0.2, 0) is 19.6 Å². The molecule has 0 saturated carbocycles. The van der Waals surface area contributed by atoms with E-state index in [1.165, 1.54) is 28.6 Å². The number of carbonyl (C=O) groups is 2. The Morgan fingerprint density at radius 2 is 1.58 bits per heavy atom. The van der Waals surface area contributed by atoms with E-state index in [-0.39, 0.29) is 4.90 Å². The van der Waals surface area contributed by atoms with E-state index in [4.69, 9.17) is 5.11 Å². The molecule has 1 fully saturated rings. The SMILES string of the molecule is O=C(O)C=CC(=O)Nc1ccc(S(=O)(=O)N2CCCCCC2)cc1. The number of sulfonamides is 1. The van der Waals surface area contributed by atoms with E-state index < -0.39 is 21.9 Å². The molecule has 1 heterocycles. The number of carboxylic acid groups (broad SMARTS) is 1. The number of carboxylic acids is 1. The van der Waals surface area contributed by atoms with E-state index in [1.807, 2.05) is 0 Å². The summed E-state index contributed by atoms with van der Waals surface area (Å²) in [5, 5.41) is 10.9. The summed E-state index contributed by atoms with van der Waals surface area (Å²) in [6, 6.07) is 5.85. The smallest absolute Gasteiger partial charge is 0.328 e. The molecular weight excluding hydrogens is 332 g/mol. The molecule has 0 unspecified atom stereocenters. The van der Waals surface area contributed by atoms with Crippen LogP contribution in [0.3, 0.4) is 0 Å². The molecule has 1 amide bonds. The molecule has 8 heteroatoms. The molecule has 0 aliphatic carbocycles. The molecule has 0 atom stereocenters. The summed E-state index contributed by atoms with van der Waals surface area (Å²) in [6.45, 7) is 1.06. The average molecular weight is 352 g/mol. The minimum Gasteiger partial charge on any atom is -0.478 e. The predicted octanol–water partition coefficient (Wildman–Crippen LogP) is 1.83. The van der Waals surface area contributed by atoms with Crippen molar-refractivity contribution in [3.8, 4) is 0 Å². The van der Waals surface area contributed by atoms with Crippen molar-refractivity contribution in [3.63, 3.8) is 0 Å². The molecule has 1 aromatic rings. The van der Waals surface area contributed by atoms with E-state index in [0.717, 1.165) is 37.8 Å². The number of rotatable bonds is 5. The lowest BCUT2D eigenvalue weighted by molar-refractivity contribution is -0.131. The van der Waals surface area contributed by atoms with Crippen LogP contribution in [0, 0.1) is 0 Å². The van der Waals surface area contributed by atoms with Crippen LogP contribution in [-0.4, -0.2) is 42.8 Å². The molecule has 0 spiro atoms. The van der Waals surface area contributed by atoms with Crippen molar-refractivity contribution in [1.29, 1.82) is 0 Å². The largest absolute Gasteiger partial charge is 0.478 e. The van der Waals surface area contributed by atoms with Crippen LogP contribution in [0.4, 0.5) is 5.69 Å². The number of nitrogens with one attached hydrogen (secondary N) is 1. The van der Waals surface area contributed by atoms with Gasteiger partial charge >= 0.3 is 5.97 Å². The third-order valence-corrected chi connectivity index (χ3v) is 5.61. The Kier molecular flexibility index (Phi) is 6.10. The Balaban J connectivity index is 2.07. The van der Waals surface area contributed by atoms with Gasteiger partial charge < -0.3 is 10.4 Å². The summed E-state index contributed by atoms with van der Waals surface area (Å²) >= 11 is 0. The van der Waals surface area contributed by atoms with Crippen LogP contribution in [0.15, 0.2) is 41.3 Å². The van der Waals surface area contributed by atoms with Gasteiger partial charge in [-0.1, -0.05) is 12.8 Å². The van der Waals surface area contributed by atoms with Gasteiger partial charge in [0.15, 0.2) is 0 Å². The summed E-state index contributed by atoms with van der Waals surface area (Å²) in [4.78, 5) is 22.0. The van der Waals surface area contributed by atoms with Crippen LogP contribution in [0.2, 0.25) is 0 Å². The van der Waals surface area contributed by atoms with E-state index in [1.54, 1.807) is 0 Å². The maximum absolute atomic E-state index is 12.6. The Morgan fingerprint density at radius 3 is 2.12 bits per heavy atom. The highest BCUT2D eigenvalue weighted by Gasteiger charge is 2.24. The third-order valence-electron chi connectivity index (χ3n) is 3.70. The van der Waals surface area contributed by atoms with Gasteiger partial charge in [-0.15, -0.1) is 0 Å². The summed E-state index contributed by atoms with van der Waals surface area (Å²) in [5.74, 6) is -1.82. The molecule has 7 nitrogen and oxygen atoms in total. The van der Waals surface area contributed by atoms with Gasteiger partial charge in [-0.05, 0) is 37.1 Å². The number of hydrogen-bond donors (Lipinski definition) is 2. The van der Waals surface area contributed by atoms with Gasteiger partial charge in [0.05, 0.1) is 4.90 Å². The van der Waals surface area contributed by atoms with Crippen molar-refractivity contribution < 1.29 is 23.1 Å². The highest BCUT2D eigenvalue weighted by atomic mass is 32.2. The second kappa shape index (κ2) is 8.07. The van der Waals surface area contributed by atoms with Crippen LogP contribution in [0.5, 0.6) is 0 Å². The molecule has 0 bridgehead atoms. The molecule has 1 saturated heterocycles. The topological polar surface area (TPSA) is 104 Å². The molecule has 130 valence electrons. The number of carbonyl (C=O) groups excluding carboxylic acids is 1. The van der Waals surface area contributed by atoms with Crippen LogP contribution in [0.1, 0.15) is 25.7 Å². The minimum atomic E-state index is -3.52. The van der Waals surface area contributed by atoms with Crippen molar-refractivity contribution in [2.45, 2.75) is 30.6 Å². The van der Waals surface area contributed by atoms with Crippen molar-refractivity contribution >= 4 is 27.6 Å². The van der Waals surface area contributed by atoms with Crippen LogP contribution >= 0.6 is 0 Å². The molecule has 1 aliphatic rings.